The average molecular weight is 490 g/mol. The van der Waals surface area contributed by atoms with Crippen molar-refractivity contribution in [1.29, 1.82) is 0 Å². The number of rotatable bonds is 3. The number of hydrogen-bond donors (Lipinski definition) is 0. The van der Waals surface area contributed by atoms with Gasteiger partial charge in [-0.15, -0.1) is 0 Å². The minimum atomic E-state index is 0. The van der Waals surface area contributed by atoms with E-state index in [1.54, 1.807) is 0 Å². The van der Waals surface area contributed by atoms with Crippen molar-refractivity contribution in [2.75, 3.05) is 0 Å². The van der Waals surface area contributed by atoms with Crippen LogP contribution in [0.1, 0.15) is 59.3 Å². The van der Waals surface area contributed by atoms with Crippen LogP contribution >= 0.6 is 0 Å². The van der Waals surface area contributed by atoms with Crippen LogP contribution in [0.15, 0.2) is 0 Å². The first-order valence-corrected chi connectivity index (χ1v) is 5.12. The van der Waals surface area contributed by atoms with Gasteiger partial charge in [0, 0.05) is 17.1 Å². The number of halogens is 3. The molecular weight excluding hydrogens is 463 g/mol. The number of unbranched alkanes of at least 4 members (excludes halogenated alkanes) is 3. The van der Waals surface area contributed by atoms with Crippen LogP contribution in [-0.2, 0) is 17.1 Å². The molecule has 0 saturated heterocycles. The van der Waals surface area contributed by atoms with Gasteiger partial charge >= 0.3 is 23.1 Å². The second-order valence-electron chi connectivity index (χ2n) is 2.56. The molecule has 0 aliphatic carbocycles. The summed E-state index contributed by atoms with van der Waals surface area (Å²) in [6.07, 6.45) is 6.83. The van der Waals surface area contributed by atoms with Crippen molar-refractivity contribution in [2.24, 2.45) is 0 Å². The summed E-state index contributed by atoms with van der Waals surface area (Å²) in [6, 6.07) is 0. The van der Waals surface area contributed by atoms with Gasteiger partial charge in [0.2, 0.25) is 0 Å². The van der Waals surface area contributed by atoms with Crippen LogP contribution in [0.25, 0.3) is 0 Å². The van der Waals surface area contributed by atoms with E-state index in [-0.39, 0.29) is 91.1 Å². The van der Waals surface area contributed by atoms with E-state index in [1.807, 2.05) is 0 Å². The van der Waals surface area contributed by atoms with Gasteiger partial charge in [0.25, 0.3) is 0 Å². The van der Waals surface area contributed by atoms with Gasteiger partial charge in [-0.2, -0.15) is 19.3 Å². The Hall–Kier alpha value is 2.73. The maximum atomic E-state index is 3.60. The van der Waals surface area contributed by atoms with Gasteiger partial charge in [-0.25, -0.2) is 0 Å². The van der Waals surface area contributed by atoms with Crippen molar-refractivity contribution in [3.8, 4) is 0 Å². The SMILES string of the molecule is [Br-].[Br-].[Br-].[CH2-]CCC.[CH2-]CCC.[CH2-]CCC.[Mg+2].[Mn]. The normalized spacial score (nSPS) is 5.29. The zero-order chi connectivity index (χ0) is 10.2. The monoisotopic (exact) mass is 487 g/mol. The summed E-state index contributed by atoms with van der Waals surface area (Å²) < 4.78 is 0. The van der Waals surface area contributed by atoms with E-state index in [0.717, 1.165) is 19.3 Å². The van der Waals surface area contributed by atoms with Gasteiger partial charge in [0.15, 0.2) is 0 Å². The largest absolute Gasteiger partial charge is 2.00 e. The van der Waals surface area contributed by atoms with Crippen molar-refractivity contribution in [2.45, 2.75) is 59.3 Å². The molecule has 0 saturated carbocycles. The van der Waals surface area contributed by atoms with Crippen LogP contribution in [0.5, 0.6) is 0 Å². The standard InChI is InChI=1S/3C4H9.3BrH.Mg.Mn/c3*1-3-4-2;;;;;/h3*1,3-4H2,2H3;3*1H;;/q3*-1;;;;+2;/p-3. The second-order valence-corrected chi connectivity index (χ2v) is 2.56. The second kappa shape index (κ2) is 77.3. The molecule has 0 bridgehead atoms. The molecule has 0 heterocycles. The molecule has 0 N–H and O–H groups in total. The van der Waals surface area contributed by atoms with Crippen LogP contribution < -0.4 is 50.9 Å². The fourth-order valence-electron chi connectivity index (χ4n) is 0. The smallest absolute Gasteiger partial charge is 1.00 e. The summed E-state index contributed by atoms with van der Waals surface area (Å²) >= 11 is 0. The Bertz CT molecular complexity index is 37.2. The molecule has 0 aliphatic rings. The van der Waals surface area contributed by atoms with Gasteiger partial charge in [0.1, 0.15) is 0 Å². The molecule has 0 nitrogen and oxygen atoms in total. The maximum absolute atomic E-state index is 3.60. The Morgan fingerprint density at radius 2 is 0.647 bits per heavy atom. The molecule has 5 heteroatoms. The summed E-state index contributed by atoms with van der Waals surface area (Å²) in [4.78, 5) is 0. The van der Waals surface area contributed by atoms with E-state index >= 15 is 0 Å². The minimum absolute atomic E-state index is 0. The molecule has 1 radical (unpaired) electrons. The predicted octanol–water partition coefficient (Wildman–Crippen LogP) is -4.51. The van der Waals surface area contributed by atoms with E-state index in [9.17, 15) is 0 Å². The predicted molar refractivity (Wildman–Crippen MR) is 66.5 cm³/mol. The molecule has 0 atom stereocenters. The molecular formula is C12H27Br3MgMn-4. The third kappa shape index (κ3) is 160. The summed E-state index contributed by atoms with van der Waals surface area (Å²) in [5, 5.41) is 0. The van der Waals surface area contributed by atoms with Gasteiger partial charge in [-0.05, 0) is 0 Å². The van der Waals surface area contributed by atoms with Crippen molar-refractivity contribution >= 4 is 23.1 Å². The van der Waals surface area contributed by atoms with Crippen LogP contribution in [0.3, 0.4) is 0 Å². The maximum Gasteiger partial charge on any atom is 2.00 e. The Morgan fingerprint density at radius 3 is 0.647 bits per heavy atom. The Morgan fingerprint density at radius 1 is 0.588 bits per heavy atom. The average Bonchev–Trinajstić information content (AvgIpc) is 2.18. The summed E-state index contributed by atoms with van der Waals surface area (Å²) in [5.41, 5.74) is 0. The first kappa shape index (κ1) is 50.3. The van der Waals surface area contributed by atoms with E-state index in [0.29, 0.717) is 0 Å². The van der Waals surface area contributed by atoms with Crippen LogP contribution in [-0.4, -0.2) is 23.1 Å². The summed E-state index contributed by atoms with van der Waals surface area (Å²) in [7, 11) is 0. The van der Waals surface area contributed by atoms with Crippen molar-refractivity contribution in [3.63, 3.8) is 0 Å². The Labute approximate surface area is 169 Å². The Balaban J connectivity index is -0.0000000104. The van der Waals surface area contributed by atoms with E-state index < -0.39 is 0 Å². The molecule has 0 spiro atoms. The molecule has 0 amide bonds. The molecule has 0 aromatic heterocycles. The molecule has 0 rings (SSSR count). The van der Waals surface area contributed by atoms with E-state index in [2.05, 4.69) is 41.5 Å². The van der Waals surface area contributed by atoms with Gasteiger partial charge in [-0.1, -0.05) is 40.0 Å². The van der Waals surface area contributed by atoms with E-state index in [4.69, 9.17) is 0 Å². The molecule has 0 aromatic rings. The zero-order valence-corrected chi connectivity index (χ0v) is 18.9. The summed E-state index contributed by atoms with van der Waals surface area (Å²) in [5.74, 6) is 0. The van der Waals surface area contributed by atoms with Crippen LogP contribution in [0.2, 0.25) is 0 Å². The molecule has 0 aliphatic heterocycles. The van der Waals surface area contributed by atoms with Gasteiger partial charge in [-0.3, -0.25) is 0 Å². The number of hydrogen-bond acceptors (Lipinski definition) is 0. The van der Waals surface area contributed by atoms with Crippen molar-refractivity contribution in [3.05, 3.63) is 20.8 Å². The van der Waals surface area contributed by atoms with Crippen molar-refractivity contribution in [1.82, 2.24) is 0 Å². The van der Waals surface area contributed by atoms with Crippen LogP contribution in [0, 0.1) is 20.8 Å². The van der Waals surface area contributed by atoms with Crippen LogP contribution in [0.4, 0.5) is 0 Å². The zero-order valence-electron chi connectivity index (χ0n) is 11.6. The summed E-state index contributed by atoms with van der Waals surface area (Å²) in [6.45, 7) is 17.2. The minimum Gasteiger partial charge on any atom is -1.00 e. The van der Waals surface area contributed by atoms with Crippen molar-refractivity contribution < 1.29 is 68.0 Å². The molecule has 0 unspecified atom stereocenters. The fourth-order valence-corrected chi connectivity index (χ4v) is 0. The third-order valence-electron chi connectivity index (χ3n) is 1.06. The van der Waals surface area contributed by atoms with Gasteiger partial charge in [0.05, 0.1) is 0 Å². The van der Waals surface area contributed by atoms with E-state index in [1.165, 1.54) is 19.3 Å². The topological polar surface area (TPSA) is 0 Å². The quantitative estimate of drug-likeness (QED) is 0.277. The molecule has 0 aromatic carbocycles. The third-order valence-corrected chi connectivity index (χ3v) is 1.06. The van der Waals surface area contributed by atoms with Gasteiger partial charge < -0.3 is 71.7 Å². The first-order valence-electron chi connectivity index (χ1n) is 5.12. The Kier molecular flexibility index (Phi) is 229. The molecule has 109 valence electrons. The molecule has 0 fully saturated rings. The fraction of sp³-hybridized carbons (Fsp3) is 0.750. The molecule has 17 heavy (non-hydrogen) atoms. The first-order chi connectivity index (χ1) is 5.74.